The molecule has 7 nitrogen and oxygen atoms in total. The van der Waals surface area contributed by atoms with E-state index >= 15 is 0 Å². The third kappa shape index (κ3) is 7.58. The first-order valence-electron chi connectivity index (χ1n) is 7.72. The van der Waals surface area contributed by atoms with E-state index in [1.807, 2.05) is 0 Å². The normalized spacial score (nSPS) is 16.1. The molecule has 0 radical (unpaired) electrons. The summed E-state index contributed by atoms with van der Waals surface area (Å²) in [5.74, 6) is -2.85. The SMILES string of the molecule is CCOC(=O)/C=C/C(=O)OC(C)C(=O)OC(=O)CC1CCCC1. The molecule has 0 aromatic heterocycles. The second-order valence-corrected chi connectivity index (χ2v) is 5.31. The van der Waals surface area contributed by atoms with E-state index in [1.54, 1.807) is 6.92 Å². The van der Waals surface area contributed by atoms with Gasteiger partial charge in [-0.2, -0.15) is 0 Å². The Hall–Kier alpha value is -2.18. The van der Waals surface area contributed by atoms with Crippen LogP contribution in [0.1, 0.15) is 46.0 Å². The van der Waals surface area contributed by atoms with Crippen molar-refractivity contribution in [2.75, 3.05) is 6.61 Å². The van der Waals surface area contributed by atoms with Gasteiger partial charge in [-0.25, -0.2) is 14.4 Å². The Labute approximate surface area is 135 Å². The fourth-order valence-electron chi connectivity index (χ4n) is 2.28. The standard InChI is InChI=1S/C16H22O7/c1-3-21-13(17)8-9-14(18)22-11(2)16(20)23-15(19)10-12-6-4-5-7-12/h8-9,11-12H,3-7,10H2,1-2H3/b9-8+. The highest BCUT2D eigenvalue weighted by Gasteiger charge is 2.24. The first-order valence-corrected chi connectivity index (χ1v) is 7.72. The zero-order valence-electron chi connectivity index (χ0n) is 13.4. The lowest BCUT2D eigenvalue weighted by molar-refractivity contribution is -0.171. The number of hydrogen-bond acceptors (Lipinski definition) is 7. The average molecular weight is 326 g/mol. The lowest BCUT2D eigenvalue weighted by Crippen LogP contribution is -2.28. The minimum absolute atomic E-state index is 0.185. The molecule has 7 heteroatoms. The summed E-state index contributed by atoms with van der Waals surface area (Å²) in [5, 5.41) is 0. The van der Waals surface area contributed by atoms with Crippen LogP contribution in [-0.4, -0.2) is 36.6 Å². The molecule has 128 valence electrons. The maximum absolute atomic E-state index is 11.7. The van der Waals surface area contributed by atoms with E-state index in [2.05, 4.69) is 9.47 Å². The Balaban J connectivity index is 2.33. The molecule has 0 saturated heterocycles. The van der Waals surface area contributed by atoms with Crippen molar-refractivity contribution in [3.8, 4) is 0 Å². The molecule has 0 aromatic carbocycles. The van der Waals surface area contributed by atoms with Gasteiger partial charge in [-0.15, -0.1) is 0 Å². The van der Waals surface area contributed by atoms with Gasteiger partial charge in [0.15, 0.2) is 6.10 Å². The lowest BCUT2D eigenvalue weighted by Gasteiger charge is -2.12. The molecule has 1 fully saturated rings. The van der Waals surface area contributed by atoms with Gasteiger partial charge in [-0.05, 0) is 32.6 Å². The van der Waals surface area contributed by atoms with Crippen LogP contribution in [0.15, 0.2) is 12.2 Å². The molecule has 0 heterocycles. The molecule has 23 heavy (non-hydrogen) atoms. The third-order valence-corrected chi connectivity index (χ3v) is 3.41. The van der Waals surface area contributed by atoms with E-state index in [0.29, 0.717) is 0 Å². The summed E-state index contributed by atoms with van der Waals surface area (Å²) in [6.45, 7) is 3.11. The highest BCUT2D eigenvalue weighted by molar-refractivity contribution is 5.93. The predicted molar refractivity (Wildman–Crippen MR) is 79.0 cm³/mol. The largest absolute Gasteiger partial charge is 0.463 e. The Morgan fingerprint density at radius 3 is 2.30 bits per heavy atom. The maximum atomic E-state index is 11.7. The van der Waals surface area contributed by atoms with Crippen LogP contribution < -0.4 is 0 Å². The van der Waals surface area contributed by atoms with Gasteiger partial charge in [0.05, 0.1) is 6.61 Å². The Bertz CT molecular complexity index is 475. The maximum Gasteiger partial charge on any atom is 0.354 e. The molecule has 1 aliphatic carbocycles. The summed E-state index contributed by atoms with van der Waals surface area (Å²) < 4.78 is 14.0. The molecule has 1 saturated carbocycles. The van der Waals surface area contributed by atoms with Gasteiger partial charge >= 0.3 is 23.9 Å². The zero-order chi connectivity index (χ0) is 17.2. The highest BCUT2D eigenvalue weighted by atomic mass is 16.6. The van der Waals surface area contributed by atoms with Crippen LogP contribution >= 0.6 is 0 Å². The molecule has 1 atom stereocenters. The van der Waals surface area contributed by atoms with Crippen LogP contribution in [0.4, 0.5) is 0 Å². The van der Waals surface area contributed by atoms with Crippen molar-refractivity contribution < 1.29 is 33.4 Å². The fourth-order valence-corrected chi connectivity index (χ4v) is 2.28. The van der Waals surface area contributed by atoms with Crippen molar-refractivity contribution in [3.05, 3.63) is 12.2 Å². The van der Waals surface area contributed by atoms with Gasteiger partial charge in [0.25, 0.3) is 0 Å². The van der Waals surface area contributed by atoms with E-state index in [9.17, 15) is 19.2 Å². The van der Waals surface area contributed by atoms with E-state index in [4.69, 9.17) is 4.74 Å². The summed E-state index contributed by atoms with van der Waals surface area (Å²) in [6.07, 6.45) is 4.83. The number of rotatable bonds is 7. The molecule has 0 spiro atoms. The van der Waals surface area contributed by atoms with Gasteiger partial charge in [0, 0.05) is 18.6 Å². The topological polar surface area (TPSA) is 96.0 Å². The van der Waals surface area contributed by atoms with Crippen LogP contribution in [0.3, 0.4) is 0 Å². The number of hydrogen-bond donors (Lipinski definition) is 0. The summed E-state index contributed by atoms with van der Waals surface area (Å²) in [7, 11) is 0. The van der Waals surface area contributed by atoms with Gasteiger partial charge in [-0.3, -0.25) is 4.79 Å². The van der Waals surface area contributed by atoms with Crippen LogP contribution in [0, 0.1) is 5.92 Å². The summed E-state index contributed by atoms with van der Waals surface area (Å²) in [5.41, 5.74) is 0. The fraction of sp³-hybridized carbons (Fsp3) is 0.625. The van der Waals surface area contributed by atoms with E-state index in [1.165, 1.54) is 6.92 Å². The van der Waals surface area contributed by atoms with Crippen molar-refractivity contribution in [3.63, 3.8) is 0 Å². The minimum atomic E-state index is -1.23. The highest BCUT2D eigenvalue weighted by Crippen LogP contribution is 2.27. The Morgan fingerprint density at radius 1 is 1.09 bits per heavy atom. The van der Waals surface area contributed by atoms with Crippen LogP contribution in [0.2, 0.25) is 0 Å². The van der Waals surface area contributed by atoms with Crippen molar-refractivity contribution >= 4 is 23.9 Å². The first-order chi connectivity index (χ1) is 10.9. The Morgan fingerprint density at radius 2 is 1.70 bits per heavy atom. The molecule has 0 aliphatic heterocycles. The monoisotopic (exact) mass is 326 g/mol. The molecule has 0 aromatic rings. The van der Waals surface area contributed by atoms with E-state index in [-0.39, 0.29) is 18.9 Å². The molecular formula is C16H22O7. The van der Waals surface area contributed by atoms with E-state index < -0.39 is 30.0 Å². The average Bonchev–Trinajstić information content (AvgIpc) is 2.98. The zero-order valence-corrected chi connectivity index (χ0v) is 13.4. The third-order valence-electron chi connectivity index (χ3n) is 3.41. The van der Waals surface area contributed by atoms with Crippen LogP contribution in [0.5, 0.6) is 0 Å². The second-order valence-electron chi connectivity index (χ2n) is 5.31. The molecule has 1 aliphatic rings. The Kier molecular flexibility index (Phi) is 8.01. The van der Waals surface area contributed by atoms with Gasteiger partial charge in [-0.1, -0.05) is 12.8 Å². The molecule has 1 unspecified atom stereocenters. The number of esters is 4. The minimum Gasteiger partial charge on any atom is -0.463 e. The number of carbonyl (C=O) groups is 4. The summed E-state index contributed by atoms with van der Waals surface area (Å²) in [6, 6.07) is 0. The van der Waals surface area contributed by atoms with Gasteiger partial charge in [0.1, 0.15) is 0 Å². The molecule has 0 N–H and O–H groups in total. The van der Waals surface area contributed by atoms with Gasteiger partial charge < -0.3 is 14.2 Å². The van der Waals surface area contributed by atoms with Gasteiger partial charge in [0.2, 0.25) is 0 Å². The quantitative estimate of drug-likeness (QED) is 0.304. The predicted octanol–water partition coefficient (Wildman–Crippen LogP) is 1.69. The lowest BCUT2D eigenvalue weighted by atomic mass is 10.0. The summed E-state index contributed by atoms with van der Waals surface area (Å²) in [4.78, 5) is 45.7. The second kappa shape index (κ2) is 9.76. The van der Waals surface area contributed by atoms with Crippen molar-refractivity contribution in [2.24, 2.45) is 5.92 Å². The van der Waals surface area contributed by atoms with Crippen LogP contribution in [-0.2, 0) is 33.4 Å². The van der Waals surface area contributed by atoms with Crippen LogP contribution in [0.25, 0.3) is 0 Å². The molecule has 1 rings (SSSR count). The molecule has 0 bridgehead atoms. The van der Waals surface area contributed by atoms with Crippen molar-refractivity contribution in [2.45, 2.75) is 52.1 Å². The molecule has 0 amide bonds. The molecular weight excluding hydrogens is 304 g/mol. The smallest absolute Gasteiger partial charge is 0.354 e. The number of carbonyl (C=O) groups excluding carboxylic acids is 4. The number of ether oxygens (including phenoxy) is 3. The van der Waals surface area contributed by atoms with Crippen molar-refractivity contribution in [1.82, 2.24) is 0 Å². The van der Waals surface area contributed by atoms with Crippen molar-refractivity contribution in [1.29, 1.82) is 0 Å². The van der Waals surface area contributed by atoms with E-state index in [0.717, 1.165) is 37.8 Å². The summed E-state index contributed by atoms with van der Waals surface area (Å²) >= 11 is 0. The first kappa shape index (κ1) is 18.9.